The average molecular weight is 387 g/mol. The molecule has 0 N–H and O–H groups in total. The van der Waals surface area contributed by atoms with Gasteiger partial charge in [-0.3, -0.25) is 9.59 Å². The van der Waals surface area contributed by atoms with E-state index in [2.05, 4.69) is 0 Å². The number of hydrogen-bond acceptors (Lipinski definition) is 6. The zero-order valence-electron chi connectivity index (χ0n) is 14.7. The molecule has 1 fully saturated rings. The molecule has 1 aliphatic heterocycles. The first-order chi connectivity index (χ1) is 12.3. The molecule has 0 aliphatic carbocycles. The van der Waals surface area contributed by atoms with Gasteiger partial charge in [0.1, 0.15) is 11.6 Å². The van der Waals surface area contributed by atoms with Crippen LogP contribution in [-0.4, -0.2) is 57.0 Å². The molecule has 0 spiro atoms. The number of ether oxygens (including phenoxy) is 2. The molecule has 0 radical (unpaired) electrons. The van der Waals surface area contributed by atoms with E-state index in [0.717, 1.165) is 6.07 Å². The van der Waals surface area contributed by atoms with E-state index in [9.17, 15) is 22.4 Å². The van der Waals surface area contributed by atoms with Gasteiger partial charge in [-0.1, -0.05) is 0 Å². The van der Waals surface area contributed by atoms with Gasteiger partial charge in [-0.05, 0) is 38.0 Å². The van der Waals surface area contributed by atoms with E-state index in [0.29, 0.717) is 12.8 Å². The van der Waals surface area contributed by atoms with Crippen LogP contribution in [0, 0.1) is 11.7 Å². The lowest BCUT2D eigenvalue weighted by molar-refractivity contribution is -0.148. The smallest absolute Gasteiger partial charge is 0.309 e. The summed E-state index contributed by atoms with van der Waals surface area (Å²) in [6.07, 6.45) is 0.686. The lowest BCUT2D eigenvalue weighted by Gasteiger charge is -2.29. The van der Waals surface area contributed by atoms with Gasteiger partial charge < -0.3 is 9.47 Å². The van der Waals surface area contributed by atoms with Gasteiger partial charge in [-0.2, -0.15) is 0 Å². The molecule has 26 heavy (non-hydrogen) atoms. The highest BCUT2D eigenvalue weighted by Gasteiger charge is 2.31. The lowest BCUT2D eigenvalue weighted by atomic mass is 9.98. The Morgan fingerprint density at radius 2 is 1.92 bits per heavy atom. The molecule has 0 unspecified atom stereocenters. The molecule has 1 aliphatic rings. The minimum atomic E-state index is -3.27. The first-order valence-electron chi connectivity index (χ1n) is 8.29. The second-order valence-electron chi connectivity index (χ2n) is 5.95. The molecule has 0 amide bonds. The third-order valence-electron chi connectivity index (χ3n) is 4.35. The summed E-state index contributed by atoms with van der Waals surface area (Å²) < 4.78 is 48.4. The number of piperidine rings is 1. The summed E-state index contributed by atoms with van der Waals surface area (Å²) >= 11 is 0. The number of carbonyl (C=O) groups is 2. The summed E-state index contributed by atoms with van der Waals surface area (Å²) in [5.41, 5.74) is 0.00385. The summed E-state index contributed by atoms with van der Waals surface area (Å²) in [5, 5.41) is 0. The molecule has 144 valence electrons. The second-order valence-corrected chi connectivity index (χ2v) is 8.21. The molecule has 0 atom stereocenters. The van der Waals surface area contributed by atoms with Gasteiger partial charge in [0, 0.05) is 13.1 Å². The fraction of sp³-hybridized carbons (Fsp3) is 0.529. The summed E-state index contributed by atoms with van der Waals surface area (Å²) in [6, 6.07) is 3.52. The van der Waals surface area contributed by atoms with Gasteiger partial charge in [0.05, 0.1) is 24.3 Å². The van der Waals surface area contributed by atoms with Gasteiger partial charge in [0.25, 0.3) is 0 Å². The normalized spacial score (nSPS) is 16.3. The zero-order chi connectivity index (χ0) is 19.3. The number of halogens is 1. The van der Waals surface area contributed by atoms with Crippen molar-refractivity contribution in [3.8, 4) is 5.75 Å². The van der Waals surface area contributed by atoms with Crippen molar-refractivity contribution >= 4 is 21.8 Å². The molecule has 7 nitrogen and oxygen atoms in total. The van der Waals surface area contributed by atoms with Crippen molar-refractivity contribution in [3.63, 3.8) is 0 Å². The number of nitrogens with zero attached hydrogens (tertiary/aromatic N) is 1. The van der Waals surface area contributed by atoms with E-state index in [1.54, 1.807) is 6.92 Å². The fourth-order valence-corrected chi connectivity index (χ4v) is 3.91. The third kappa shape index (κ3) is 4.79. The highest BCUT2D eigenvalue weighted by molar-refractivity contribution is 7.89. The van der Waals surface area contributed by atoms with Crippen LogP contribution in [-0.2, 0) is 19.6 Å². The van der Waals surface area contributed by atoms with E-state index in [-0.39, 0.29) is 30.2 Å². The third-order valence-corrected chi connectivity index (χ3v) is 6.23. The van der Waals surface area contributed by atoms with Crippen LogP contribution in [0.2, 0.25) is 0 Å². The zero-order valence-corrected chi connectivity index (χ0v) is 15.6. The minimum absolute atomic E-state index is 0.00385. The van der Waals surface area contributed by atoms with Gasteiger partial charge in [-0.15, -0.1) is 0 Å². The predicted molar refractivity (Wildman–Crippen MR) is 92.0 cm³/mol. The largest absolute Gasteiger partial charge is 0.496 e. The maximum Gasteiger partial charge on any atom is 0.309 e. The van der Waals surface area contributed by atoms with Crippen molar-refractivity contribution in [2.24, 2.45) is 5.92 Å². The number of rotatable bonds is 7. The van der Waals surface area contributed by atoms with Crippen LogP contribution in [0.3, 0.4) is 0 Å². The number of benzene rings is 1. The van der Waals surface area contributed by atoms with Crippen LogP contribution < -0.4 is 4.74 Å². The number of ketones is 1. The van der Waals surface area contributed by atoms with E-state index in [1.807, 2.05) is 0 Å². The Morgan fingerprint density at radius 3 is 2.50 bits per heavy atom. The van der Waals surface area contributed by atoms with Crippen molar-refractivity contribution in [1.82, 2.24) is 4.31 Å². The van der Waals surface area contributed by atoms with Crippen molar-refractivity contribution in [3.05, 3.63) is 29.6 Å². The Hall–Kier alpha value is -2.00. The van der Waals surface area contributed by atoms with Crippen LogP contribution in [0.15, 0.2) is 18.2 Å². The second kappa shape index (κ2) is 8.59. The van der Waals surface area contributed by atoms with E-state index < -0.39 is 40.1 Å². The van der Waals surface area contributed by atoms with Crippen molar-refractivity contribution in [2.75, 3.05) is 32.6 Å². The number of sulfonamides is 1. The van der Waals surface area contributed by atoms with Gasteiger partial charge in [0.2, 0.25) is 15.8 Å². The van der Waals surface area contributed by atoms with Gasteiger partial charge in [-0.25, -0.2) is 17.1 Å². The molecule has 9 heteroatoms. The summed E-state index contributed by atoms with van der Waals surface area (Å²) in [5.74, 6) is -1.95. The Balaban J connectivity index is 1.90. The lowest BCUT2D eigenvalue weighted by Crippen LogP contribution is -2.41. The Kier molecular flexibility index (Phi) is 6.71. The maximum atomic E-state index is 13.3. The number of carbonyl (C=O) groups excluding carboxylic acids is 2. The maximum absolute atomic E-state index is 13.3. The highest BCUT2D eigenvalue weighted by Crippen LogP contribution is 2.22. The molecule has 1 heterocycles. The number of esters is 1. The quantitative estimate of drug-likeness (QED) is 0.522. The Morgan fingerprint density at radius 1 is 1.27 bits per heavy atom. The molecular formula is C17H22FNO6S. The summed E-state index contributed by atoms with van der Waals surface area (Å²) in [6.45, 7) is 1.55. The molecule has 0 saturated carbocycles. The van der Waals surface area contributed by atoms with Crippen LogP contribution >= 0.6 is 0 Å². The molecule has 0 aromatic heterocycles. The molecule has 0 bridgehead atoms. The average Bonchev–Trinajstić information content (AvgIpc) is 2.65. The van der Waals surface area contributed by atoms with Crippen LogP contribution in [0.1, 0.15) is 30.1 Å². The first-order valence-corrected chi connectivity index (χ1v) is 9.90. The SMILES string of the molecule is CCS(=O)(=O)N1CCC(C(=O)OCC(=O)c2cc(F)ccc2OC)CC1. The Bertz CT molecular complexity index is 771. The molecule has 1 saturated heterocycles. The van der Waals surface area contributed by atoms with Crippen molar-refractivity contribution in [1.29, 1.82) is 0 Å². The number of methoxy groups -OCH3 is 1. The van der Waals surface area contributed by atoms with E-state index in [4.69, 9.17) is 9.47 Å². The highest BCUT2D eigenvalue weighted by atomic mass is 32.2. The Labute approximate surface area is 152 Å². The van der Waals surface area contributed by atoms with Crippen LogP contribution in [0.5, 0.6) is 5.75 Å². The van der Waals surface area contributed by atoms with Gasteiger partial charge >= 0.3 is 5.97 Å². The topological polar surface area (TPSA) is 90.0 Å². The summed E-state index contributed by atoms with van der Waals surface area (Å²) in [7, 11) is -1.91. The van der Waals surface area contributed by atoms with E-state index >= 15 is 0 Å². The number of Topliss-reactive ketones (excluding diaryl/α,β-unsaturated/α-hetero) is 1. The number of hydrogen-bond donors (Lipinski definition) is 0. The predicted octanol–water partition coefficient (Wildman–Crippen LogP) is 1.62. The molecule has 2 rings (SSSR count). The molecule has 1 aromatic rings. The van der Waals surface area contributed by atoms with Crippen LogP contribution in [0.4, 0.5) is 4.39 Å². The molecular weight excluding hydrogens is 365 g/mol. The minimum Gasteiger partial charge on any atom is -0.496 e. The van der Waals surface area contributed by atoms with E-state index in [1.165, 1.54) is 23.5 Å². The van der Waals surface area contributed by atoms with Crippen molar-refractivity contribution in [2.45, 2.75) is 19.8 Å². The molecule has 1 aromatic carbocycles. The fourth-order valence-electron chi connectivity index (χ4n) is 2.78. The van der Waals surface area contributed by atoms with Crippen LogP contribution in [0.25, 0.3) is 0 Å². The monoisotopic (exact) mass is 387 g/mol. The van der Waals surface area contributed by atoms with Crippen molar-refractivity contribution < 1.29 is 31.9 Å². The van der Waals surface area contributed by atoms with Gasteiger partial charge in [0.15, 0.2) is 6.61 Å². The summed E-state index contributed by atoms with van der Waals surface area (Å²) in [4.78, 5) is 24.3. The standard InChI is InChI=1S/C17H22FNO6S/c1-3-26(22,23)19-8-6-12(7-9-19)17(21)25-11-15(20)14-10-13(18)4-5-16(14)24-2/h4-5,10,12H,3,6-9,11H2,1-2H3. The first kappa shape index (κ1) is 20.3.